The van der Waals surface area contributed by atoms with Crippen LogP contribution < -0.4 is 14.9 Å². The lowest BCUT2D eigenvalue weighted by Crippen LogP contribution is -2.18. The Morgan fingerprint density at radius 2 is 1.81 bits per heavy atom. The summed E-state index contributed by atoms with van der Waals surface area (Å²) in [4.78, 5) is 12.3. The highest BCUT2D eigenvalue weighted by atomic mass is 35.5. The molecule has 31 heavy (non-hydrogen) atoms. The van der Waals surface area contributed by atoms with Gasteiger partial charge in [0, 0.05) is 5.56 Å². The van der Waals surface area contributed by atoms with E-state index in [-0.39, 0.29) is 5.91 Å². The van der Waals surface area contributed by atoms with Crippen LogP contribution in [0.3, 0.4) is 0 Å². The lowest BCUT2D eigenvalue weighted by Gasteiger charge is -2.14. The van der Waals surface area contributed by atoms with E-state index in [4.69, 9.17) is 21.1 Å². The third-order valence-corrected chi connectivity index (χ3v) is 4.89. The number of carbonyl (C=O) groups excluding carboxylic acids is 1. The molecule has 3 aromatic rings. The van der Waals surface area contributed by atoms with Gasteiger partial charge in [-0.15, -0.1) is 0 Å². The number of hydrogen-bond donors (Lipinski definition) is 1. The second-order valence-electron chi connectivity index (χ2n) is 7.05. The Labute approximate surface area is 187 Å². The molecule has 160 valence electrons. The van der Waals surface area contributed by atoms with Crippen molar-refractivity contribution in [3.63, 3.8) is 0 Å². The Kier molecular flexibility index (Phi) is 7.68. The Hall–Kier alpha value is -3.31. The van der Waals surface area contributed by atoms with E-state index in [0.29, 0.717) is 40.9 Å². The van der Waals surface area contributed by atoms with Crippen molar-refractivity contribution in [3.05, 3.63) is 93.5 Å². The molecule has 5 nitrogen and oxygen atoms in total. The predicted molar refractivity (Wildman–Crippen MR) is 124 cm³/mol. The number of nitrogens with zero attached hydrogens (tertiary/aromatic N) is 1. The number of hydrogen-bond acceptors (Lipinski definition) is 4. The highest BCUT2D eigenvalue weighted by Crippen LogP contribution is 2.37. The van der Waals surface area contributed by atoms with Gasteiger partial charge in [0.05, 0.1) is 17.8 Å². The number of ether oxygens (including phenoxy) is 2. The van der Waals surface area contributed by atoms with Gasteiger partial charge >= 0.3 is 0 Å². The van der Waals surface area contributed by atoms with Crippen LogP contribution in [0.4, 0.5) is 0 Å². The van der Waals surface area contributed by atoms with E-state index < -0.39 is 0 Å². The van der Waals surface area contributed by atoms with Crippen LogP contribution in [0, 0.1) is 13.8 Å². The molecule has 1 amide bonds. The summed E-state index contributed by atoms with van der Waals surface area (Å²) in [6, 6.07) is 18.9. The van der Waals surface area contributed by atoms with Crippen molar-refractivity contribution in [2.75, 3.05) is 6.61 Å². The SMILES string of the molecule is CCOc1cc(/C=N/NC(=O)c2ccccc2C)cc(Cl)c1OCc1ccc(C)cc1. The zero-order valence-electron chi connectivity index (χ0n) is 17.8. The molecule has 0 radical (unpaired) electrons. The van der Waals surface area contributed by atoms with E-state index in [1.54, 1.807) is 18.2 Å². The average Bonchev–Trinajstić information content (AvgIpc) is 2.75. The molecule has 0 bridgehead atoms. The van der Waals surface area contributed by atoms with Crippen LogP contribution >= 0.6 is 11.6 Å². The fourth-order valence-electron chi connectivity index (χ4n) is 2.96. The predicted octanol–water partition coefficient (Wildman–Crippen LogP) is 5.70. The van der Waals surface area contributed by atoms with Crippen molar-refractivity contribution < 1.29 is 14.3 Å². The van der Waals surface area contributed by atoms with Crippen LogP contribution in [0.15, 0.2) is 65.8 Å². The van der Waals surface area contributed by atoms with E-state index in [9.17, 15) is 4.79 Å². The number of amides is 1. The van der Waals surface area contributed by atoms with Gasteiger partial charge in [-0.05, 0) is 55.7 Å². The van der Waals surface area contributed by atoms with Crippen LogP contribution in [0.1, 0.15) is 39.5 Å². The fourth-order valence-corrected chi connectivity index (χ4v) is 3.23. The first-order valence-corrected chi connectivity index (χ1v) is 10.4. The van der Waals surface area contributed by atoms with E-state index in [1.165, 1.54) is 11.8 Å². The summed E-state index contributed by atoms with van der Waals surface area (Å²) in [7, 11) is 0. The second kappa shape index (κ2) is 10.6. The van der Waals surface area contributed by atoms with Crippen molar-refractivity contribution in [2.24, 2.45) is 5.10 Å². The number of benzene rings is 3. The molecular weight excluding hydrogens is 412 g/mol. The minimum absolute atomic E-state index is 0.275. The summed E-state index contributed by atoms with van der Waals surface area (Å²) in [5.74, 6) is 0.725. The van der Waals surface area contributed by atoms with Gasteiger partial charge in [0.2, 0.25) is 0 Å². The molecule has 0 aliphatic heterocycles. The van der Waals surface area contributed by atoms with Crippen LogP contribution in [0.5, 0.6) is 11.5 Å². The maximum Gasteiger partial charge on any atom is 0.271 e. The van der Waals surface area contributed by atoms with E-state index >= 15 is 0 Å². The smallest absolute Gasteiger partial charge is 0.271 e. The molecule has 0 spiro atoms. The molecule has 3 aromatic carbocycles. The minimum Gasteiger partial charge on any atom is -0.490 e. The van der Waals surface area contributed by atoms with Gasteiger partial charge in [-0.2, -0.15) is 5.10 Å². The van der Waals surface area contributed by atoms with Crippen LogP contribution in [-0.2, 0) is 6.61 Å². The molecule has 0 aliphatic carbocycles. The van der Waals surface area contributed by atoms with Crippen LogP contribution in [-0.4, -0.2) is 18.7 Å². The van der Waals surface area contributed by atoms with Gasteiger partial charge in [0.25, 0.3) is 5.91 Å². The summed E-state index contributed by atoms with van der Waals surface area (Å²) >= 11 is 6.47. The highest BCUT2D eigenvalue weighted by Gasteiger charge is 2.13. The van der Waals surface area contributed by atoms with Gasteiger partial charge in [-0.25, -0.2) is 5.43 Å². The van der Waals surface area contributed by atoms with Crippen molar-refractivity contribution in [1.29, 1.82) is 0 Å². The molecule has 0 saturated carbocycles. The minimum atomic E-state index is -0.275. The first kappa shape index (κ1) is 22.4. The maximum absolute atomic E-state index is 12.3. The summed E-state index contributed by atoms with van der Waals surface area (Å²) in [5, 5.41) is 4.46. The quantitative estimate of drug-likeness (QED) is 0.364. The van der Waals surface area contributed by atoms with Gasteiger partial charge in [-0.1, -0.05) is 59.6 Å². The second-order valence-corrected chi connectivity index (χ2v) is 7.46. The number of hydrazone groups is 1. The first-order valence-electron chi connectivity index (χ1n) is 10.0. The van der Waals surface area contributed by atoms with Gasteiger partial charge < -0.3 is 9.47 Å². The maximum atomic E-state index is 12.3. The summed E-state index contributed by atoms with van der Waals surface area (Å²) < 4.78 is 11.7. The summed E-state index contributed by atoms with van der Waals surface area (Å²) in [5.41, 5.74) is 6.91. The number of carbonyl (C=O) groups is 1. The third-order valence-electron chi connectivity index (χ3n) is 4.60. The van der Waals surface area contributed by atoms with Crippen molar-refractivity contribution in [2.45, 2.75) is 27.4 Å². The normalized spacial score (nSPS) is 10.8. The Bertz CT molecular complexity index is 1080. The summed E-state index contributed by atoms with van der Waals surface area (Å²) in [6.07, 6.45) is 1.52. The number of rotatable bonds is 8. The van der Waals surface area contributed by atoms with Gasteiger partial charge in [0.15, 0.2) is 11.5 Å². The first-order chi connectivity index (χ1) is 15.0. The monoisotopic (exact) mass is 436 g/mol. The Balaban J connectivity index is 1.73. The van der Waals surface area contributed by atoms with Crippen molar-refractivity contribution >= 4 is 23.7 Å². The largest absolute Gasteiger partial charge is 0.490 e. The molecule has 3 rings (SSSR count). The lowest BCUT2D eigenvalue weighted by atomic mass is 10.1. The van der Waals surface area contributed by atoms with E-state index in [2.05, 4.69) is 10.5 Å². The standard InChI is InChI=1S/C25H25ClN2O3/c1-4-30-23-14-20(15-27-28-25(29)21-8-6-5-7-18(21)3)13-22(26)24(23)31-16-19-11-9-17(2)10-12-19/h5-15H,4,16H2,1-3H3,(H,28,29)/b27-15+. The van der Waals surface area contributed by atoms with Crippen LogP contribution in [0.25, 0.3) is 0 Å². The average molecular weight is 437 g/mol. The van der Waals surface area contributed by atoms with Gasteiger partial charge in [-0.3, -0.25) is 4.79 Å². The molecular formula is C25H25ClN2O3. The lowest BCUT2D eigenvalue weighted by molar-refractivity contribution is 0.0954. The fraction of sp³-hybridized carbons (Fsp3) is 0.200. The molecule has 1 N–H and O–H groups in total. The molecule has 0 heterocycles. The van der Waals surface area contributed by atoms with Crippen molar-refractivity contribution in [1.82, 2.24) is 5.43 Å². The molecule has 0 unspecified atom stereocenters. The van der Waals surface area contributed by atoms with Crippen molar-refractivity contribution in [3.8, 4) is 11.5 Å². The molecule has 0 fully saturated rings. The Morgan fingerprint density at radius 1 is 1.06 bits per heavy atom. The third kappa shape index (κ3) is 6.09. The zero-order chi connectivity index (χ0) is 22.2. The molecule has 0 atom stereocenters. The molecule has 0 saturated heterocycles. The number of nitrogens with one attached hydrogen (secondary N) is 1. The van der Waals surface area contributed by atoms with E-state index in [0.717, 1.165) is 11.1 Å². The topological polar surface area (TPSA) is 59.9 Å². The number of halogens is 1. The van der Waals surface area contributed by atoms with E-state index in [1.807, 2.05) is 63.2 Å². The zero-order valence-corrected chi connectivity index (χ0v) is 18.6. The Morgan fingerprint density at radius 3 is 2.52 bits per heavy atom. The molecule has 6 heteroatoms. The number of aryl methyl sites for hydroxylation is 2. The highest BCUT2D eigenvalue weighted by molar-refractivity contribution is 6.32. The van der Waals surface area contributed by atoms with Gasteiger partial charge in [0.1, 0.15) is 6.61 Å². The van der Waals surface area contributed by atoms with Crippen LogP contribution in [0.2, 0.25) is 5.02 Å². The molecule has 0 aromatic heterocycles. The molecule has 0 aliphatic rings. The summed E-state index contributed by atoms with van der Waals surface area (Å²) in [6.45, 7) is 6.64.